The van der Waals surface area contributed by atoms with Gasteiger partial charge in [-0.05, 0) is 25.0 Å². The Kier molecular flexibility index (Phi) is 6.46. The number of hydrogen-bond donors (Lipinski definition) is 1. The molecule has 1 N–H and O–H groups in total. The van der Waals surface area contributed by atoms with Gasteiger partial charge in [0.15, 0.2) is 0 Å². The fourth-order valence-corrected chi connectivity index (χ4v) is 1.88. The molecule has 0 heterocycles. The summed E-state index contributed by atoms with van der Waals surface area (Å²) in [5, 5.41) is 2.57. The summed E-state index contributed by atoms with van der Waals surface area (Å²) in [5.74, 6) is -2.26. The van der Waals surface area contributed by atoms with E-state index in [-0.39, 0.29) is 5.56 Å². The van der Waals surface area contributed by atoms with Crippen molar-refractivity contribution in [3.8, 4) is 0 Å². The second kappa shape index (κ2) is 7.87. The summed E-state index contributed by atoms with van der Waals surface area (Å²) in [5.41, 5.74) is -0.206. The topological polar surface area (TPSA) is 29.1 Å². The molecule has 1 aromatic rings. The predicted molar refractivity (Wildman–Crippen MR) is 72.2 cm³/mol. The van der Waals surface area contributed by atoms with Crippen molar-refractivity contribution in [3.63, 3.8) is 0 Å². The fraction of sp³-hybridized carbons (Fsp3) is 0.533. The van der Waals surface area contributed by atoms with Gasteiger partial charge in [0.05, 0.1) is 0 Å². The van der Waals surface area contributed by atoms with Gasteiger partial charge in [0, 0.05) is 6.54 Å². The lowest BCUT2D eigenvalue weighted by atomic mass is 10.1. The molecule has 0 atom stereocenters. The molecule has 0 bridgehead atoms. The summed E-state index contributed by atoms with van der Waals surface area (Å²) in [6.45, 7) is 4.09. The van der Waals surface area contributed by atoms with Crippen LogP contribution in [0.15, 0.2) is 12.1 Å². The first kappa shape index (κ1) is 15.6. The highest BCUT2D eigenvalue weighted by molar-refractivity contribution is 5.94. The smallest absolute Gasteiger partial charge is 0.257 e. The maximum absolute atomic E-state index is 13.7. The van der Waals surface area contributed by atoms with Crippen LogP contribution in [0, 0.1) is 18.6 Å². The molecule has 0 aliphatic heterocycles. The highest BCUT2D eigenvalue weighted by atomic mass is 19.1. The number of amides is 1. The third-order valence-corrected chi connectivity index (χ3v) is 3.08. The molecular weight excluding hydrogens is 248 g/mol. The highest BCUT2D eigenvalue weighted by Gasteiger charge is 2.18. The van der Waals surface area contributed by atoms with Crippen LogP contribution in [0.2, 0.25) is 0 Å². The third-order valence-electron chi connectivity index (χ3n) is 3.08. The Morgan fingerprint density at radius 3 is 2.53 bits per heavy atom. The van der Waals surface area contributed by atoms with Crippen molar-refractivity contribution in [1.29, 1.82) is 0 Å². The van der Waals surface area contributed by atoms with Gasteiger partial charge >= 0.3 is 0 Å². The maximum Gasteiger partial charge on any atom is 0.257 e. The zero-order chi connectivity index (χ0) is 14.3. The summed E-state index contributed by atoms with van der Waals surface area (Å²) in [6, 6.07) is 2.45. The zero-order valence-corrected chi connectivity index (χ0v) is 11.6. The lowest BCUT2D eigenvalue weighted by molar-refractivity contribution is 0.0944. The minimum absolute atomic E-state index is 0.273. The first-order valence-corrected chi connectivity index (χ1v) is 6.80. The van der Waals surface area contributed by atoms with Crippen LogP contribution in [0.25, 0.3) is 0 Å². The first-order valence-electron chi connectivity index (χ1n) is 6.80. The lowest BCUT2D eigenvalue weighted by Crippen LogP contribution is -2.26. The number of benzene rings is 1. The van der Waals surface area contributed by atoms with Crippen LogP contribution in [0.3, 0.4) is 0 Å². The Balaban J connectivity index is 2.48. The maximum atomic E-state index is 13.7. The second-order valence-corrected chi connectivity index (χ2v) is 4.72. The third kappa shape index (κ3) is 4.62. The largest absolute Gasteiger partial charge is 0.352 e. The molecule has 0 saturated heterocycles. The van der Waals surface area contributed by atoms with E-state index in [2.05, 4.69) is 12.2 Å². The van der Waals surface area contributed by atoms with E-state index in [0.717, 1.165) is 31.7 Å². The number of carbonyl (C=O) groups excluding carboxylic acids is 1. The minimum atomic E-state index is -0.813. The van der Waals surface area contributed by atoms with E-state index in [0.29, 0.717) is 6.54 Å². The number of unbranched alkanes of at least 4 members (excludes halogenated alkanes) is 4. The highest BCUT2D eigenvalue weighted by Crippen LogP contribution is 2.16. The van der Waals surface area contributed by atoms with Gasteiger partial charge < -0.3 is 5.32 Å². The average molecular weight is 269 g/mol. The normalized spacial score (nSPS) is 10.5. The Bertz CT molecular complexity index is 432. The van der Waals surface area contributed by atoms with Crippen LogP contribution in [0.5, 0.6) is 0 Å². The Morgan fingerprint density at radius 2 is 1.84 bits per heavy atom. The fourth-order valence-electron chi connectivity index (χ4n) is 1.88. The molecule has 0 spiro atoms. The van der Waals surface area contributed by atoms with E-state index >= 15 is 0 Å². The zero-order valence-electron chi connectivity index (χ0n) is 11.6. The monoisotopic (exact) mass is 269 g/mol. The van der Waals surface area contributed by atoms with Crippen molar-refractivity contribution < 1.29 is 13.6 Å². The van der Waals surface area contributed by atoms with Gasteiger partial charge in [-0.3, -0.25) is 4.79 Å². The standard InChI is InChI=1S/C15H21F2NO/c1-3-4-5-6-7-10-18-15(19)13-12(16)9-8-11(2)14(13)17/h8-9H,3-7,10H2,1-2H3,(H,18,19). The van der Waals surface area contributed by atoms with E-state index in [1.807, 2.05) is 0 Å². The van der Waals surface area contributed by atoms with E-state index < -0.39 is 23.1 Å². The number of carbonyl (C=O) groups is 1. The average Bonchev–Trinajstić information content (AvgIpc) is 2.38. The quantitative estimate of drug-likeness (QED) is 0.745. The SMILES string of the molecule is CCCCCCCNC(=O)c1c(F)ccc(C)c1F. The molecule has 0 aromatic heterocycles. The van der Waals surface area contributed by atoms with Gasteiger partial charge in [0.1, 0.15) is 17.2 Å². The van der Waals surface area contributed by atoms with Crippen molar-refractivity contribution >= 4 is 5.91 Å². The molecule has 0 radical (unpaired) electrons. The second-order valence-electron chi connectivity index (χ2n) is 4.72. The molecule has 1 aromatic carbocycles. The van der Waals surface area contributed by atoms with Gasteiger partial charge in [-0.25, -0.2) is 8.78 Å². The molecule has 19 heavy (non-hydrogen) atoms. The molecule has 0 aliphatic rings. The van der Waals surface area contributed by atoms with Crippen molar-refractivity contribution in [2.24, 2.45) is 0 Å². The lowest BCUT2D eigenvalue weighted by Gasteiger charge is -2.08. The van der Waals surface area contributed by atoms with Gasteiger partial charge in [-0.1, -0.05) is 38.7 Å². The molecule has 106 valence electrons. The minimum Gasteiger partial charge on any atom is -0.352 e. The van der Waals surface area contributed by atoms with Crippen molar-refractivity contribution in [3.05, 3.63) is 34.9 Å². The van der Waals surface area contributed by atoms with E-state index in [1.165, 1.54) is 19.4 Å². The molecule has 1 amide bonds. The van der Waals surface area contributed by atoms with Crippen LogP contribution in [-0.2, 0) is 0 Å². The van der Waals surface area contributed by atoms with Gasteiger partial charge in [0.25, 0.3) is 5.91 Å². The van der Waals surface area contributed by atoms with E-state index in [9.17, 15) is 13.6 Å². The predicted octanol–water partition coefficient (Wildman–Crippen LogP) is 3.97. The van der Waals surface area contributed by atoms with Crippen molar-refractivity contribution in [2.75, 3.05) is 6.54 Å². The summed E-state index contributed by atoms with van der Waals surface area (Å²) in [4.78, 5) is 11.7. The van der Waals surface area contributed by atoms with Crippen LogP contribution in [0.4, 0.5) is 8.78 Å². The van der Waals surface area contributed by atoms with Crippen molar-refractivity contribution in [1.82, 2.24) is 5.32 Å². The Morgan fingerprint density at radius 1 is 1.16 bits per heavy atom. The van der Waals surface area contributed by atoms with Crippen LogP contribution in [-0.4, -0.2) is 12.5 Å². The number of aryl methyl sites for hydroxylation is 1. The summed E-state index contributed by atoms with van der Waals surface area (Å²) in [6.07, 6.45) is 5.31. The van der Waals surface area contributed by atoms with Gasteiger partial charge in [-0.15, -0.1) is 0 Å². The van der Waals surface area contributed by atoms with Gasteiger partial charge in [-0.2, -0.15) is 0 Å². The van der Waals surface area contributed by atoms with E-state index in [1.54, 1.807) is 0 Å². The molecule has 2 nitrogen and oxygen atoms in total. The molecule has 0 fully saturated rings. The molecular formula is C15H21F2NO. The van der Waals surface area contributed by atoms with Crippen LogP contribution >= 0.6 is 0 Å². The van der Waals surface area contributed by atoms with Gasteiger partial charge in [0.2, 0.25) is 0 Å². The molecule has 4 heteroatoms. The molecule has 1 rings (SSSR count). The first-order chi connectivity index (χ1) is 9.07. The van der Waals surface area contributed by atoms with E-state index in [4.69, 9.17) is 0 Å². The number of rotatable bonds is 7. The molecule has 0 unspecified atom stereocenters. The summed E-state index contributed by atoms with van der Waals surface area (Å²) < 4.78 is 27.1. The molecule has 0 saturated carbocycles. The number of halogens is 2. The van der Waals surface area contributed by atoms with Crippen molar-refractivity contribution in [2.45, 2.75) is 46.0 Å². The Labute approximate surface area is 113 Å². The summed E-state index contributed by atoms with van der Waals surface area (Å²) in [7, 11) is 0. The Hall–Kier alpha value is -1.45. The molecule has 0 aliphatic carbocycles. The number of hydrogen-bond acceptors (Lipinski definition) is 1. The number of nitrogens with one attached hydrogen (secondary N) is 1. The van der Waals surface area contributed by atoms with Crippen LogP contribution in [0.1, 0.15) is 54.9 Å². The van der Waals surface area contributed by atoms with Crippen LogP contribution < -0.4 is 5.32 Å². The summed E-state index contributed by atoms with van der Waals surface area (Å²) >= 11 is 0.